The Labute approximate surface area is 159 Å². The van der Waals surface area contributed by atoms with Crippen molar-refractivity contribution in [3.8, 4) is 0 Å². The molecule has 7 heteroatoms. The van der Waals surface area contributed by atoms with Gasteiger partial charge >= 0.3 is 0 Å². The number of carbonyl (C=O) groups is 1. The van der Waals surface area contributed by atoms with Crippen LogP contribution in [0.2, 0.25) is 5.02 Å². The predicted molar refractivity (Wildman–Crippen MR) is 98.2 cm³/mol. The molecule has 0 spiro atoms. The Hall–Kier alpha value is -1.24. The van der Waals surface area contributed by atoms with Crippen molar-refractivity contribution >= 4 is 17.5 Å². The van der Waals surface area contributed by atoms with E-state index in [1.54, 1.807) is 0 Å². The molecule has 5 nitrogen and oxygen atoms in total. The molecule has 2 heterocycles. The highest BCUT2D eigenvalue weighted by Gasteiger charge is 2.25. The zero-order valence-corrected chi connectivity index (χ0v) is 15.7. The molecule has 3 rings (SSSR count). The van der Waals surface area contributed by atoms with Crippen LogP contribution in [0.5, 0.6) is 0 Å². The van der Waals surface area contributed by atoms with Gasteiger partial charge in [-0.25, -0.2) is 9.82 Å². The number of ether oxygens (including phenoxy) is 1. The molecule has 0 bridgehead atoms. The molecule has 2 N–H and O–H groups in total. The molecule has 1 aromatic rings. The fraction of sp³-hybridized carbons (Fsp3) is 0.684. The molecule has 0 atom stereocenters. The number of hydrogen-bond acceptors (Lipinski definition) is 4. The number of nitrogens with one attached hydrogen (secondary N) is 2. The lowest BCUT2D eigenvalue weighted by molar-refractivity contribution is -0.128. The van der Waals surface area contributed by atoms with Crippen LogP contribution in [-0.4, -0.2) is 30.6 Å². The summed E-state index contributed by atoms with van der Waals surface area (Å²) in [6.45, 7) is 2.13. The number of hydrogen-bond donors (Lipinski definition) is 2. The number of nitrogens with zero attached hydrogens (tertiary/aromatic N) is 1. The van der Waals surface area contributed by atoms with Crippen LogP contribution in [0.3, 0.4) is 0 Å². The van der Waals surface area contributed by atoms with Crippen LogP contribution in [0, 0.1) is 17.7 Å². The maximum absolute atomic E-state index is 13.1. The molecule has 0 unspecified atom stereocenters. The molecule has 2 fully saturated rings. The first-order valence-corrected chi connectivity index (χ1v) is 9.92. The molecule has 0 radical (unpaired) electrons. The molecule has 26 heavy (non-hydrogen) atoms. The highest BCUT2D eigenvalue weighted by atomic mass is 35.5. The van der Waals surface area contributed by atoms with E-state index in [1.165, 1.54) is 12.3 Å². The molecular weight excluding hydrogens is 357 g/mol. The SMILES string of the molecule is O=C(NNCCC1CCC(c2ncc(F)cc2Cl)CC1)C1CCOCC1. The second kappa shape index (κ2) is 9.62. The normalized spacial score (nSPS) is 24.4. The average molecular weight is 384 g/mol. The standard InChI is InChI=1S/C19H27ClFN3O2/c20-17-11-16(21)12-22-18(17)14-3-1-13(2-4-14)5-8-23-24-19(25)15-6-9-26-10-7-15/h11-15,23H,1-10H2,(H,24,25). The minimum absolute atomic E-state index is 0.0691. The predicted octanol–water partition coefficient (Wildman–Crippen LogP) is 3.59. The number of rotatable bonds is 6. The van der Waals surface area contributed by atoms with Crippen molar-refractivity contribution in [1.82, 2.24) is 15.8 Å². The molecule has 144 valence electrons. The minimum Gasteiger partial charge on any atom is -0.381 e. The molecule has 1 amide bonds. The summed E-state index contributed by atoms with van der Waals surface area (Å²) in [4.78, 5) is 16.2. The summed E-state index contributed by atoms with van der Waals surface area (Å²) >= 11 is 6.13. The summed E-state index contributed by atoms with van der Waals surface area (Å²) in [5.74, 6) is 0.716. The summed E-state index contributed by atoms with van der Waals surface area (Å²) < 4.78 is 18.4. The first kappa shape index (κ1) is 19.5. The van der Waals surface area contributed by atoms with E-state index in [9.17, 15) is 9.18 Å². The van der Waals surface area contributed by atoms with Crippen LogP contribution >= 0.6 is 11.6 Å². The Morgan fingerprint density at radius 2 is 1.96 bits per heavy atom. The van der Waals surface area contributed by atoms with Gasteiger partial charge in [0.2, 0.25) is 5.91 Å². The zero-order chi connectivity index (χ0) is 18.4. The molecular formula is C19H27ClFN3O2. The quantitative estimate of drug-likeness (QED) is 0.582. The molecule has 1 aliphatic heterocycles. The van der Waals surface area contributed by atoms with Gasteiger partial charge in [0.05, 0.1) is 16.9 Å². The third kappa shape index (κ3) is 5.38. The summed E-state index contributed by atoms with van der Waals surface area (Å²) in [5, 5.41) is 0.436. The van der Waals surface area contributed by atoms with Gasteiger partial charge in [0.25, 0.3) is 0 Å². The van der Waals surface area contributed by atoms with Crippen molar-refractivity contribution in [2.24, 2.45) is 11.8 Å². The van der Waals surface area contributed by atoms with Gasteiger partial charge in [0, 0.05) is 31.6 Å². The van der Waals surface area contributed by atoms with Crippen LogP contribution in [-0.2, 0) is 9.53 Å². The smallest absolute Gasteiger partial charge is 0.237 e. The van der Waals surface area contributed by atoms with E-state index in [4.69, 9.17) is 16.3 Å². The number of pyridine rings is 1. The van der Waals surface area contributed by atoms with Gasteiger partial charge in [0.15, 0.2) is 0 Å². The van der Waals surface area contributed by atoms with Gasteiger partial charge in [-0.1, -0.05) is 11.6 Å². The summed E-state index contributed by atoms with van der Waals surface area (Å²) in [7, 11) is 0. The highest BCUT2D eigenvalue weighted by molar-refractivity contribution is 6.31. The Balaban J connectivity index is 1.33. The fourth-order valence-corrected chi connectivity index (χ4v) is 4.25. The van der Waals surface area contributed by atoms with Gasteiger partial charge in [-0.15, -0.1) is 0 Å². The number of carbonyl (C=O) groups excluding carboxylic acids is 1. The largest absolute Gasteiger partial charge is 0.381 e. The maximum atomic E-state index is 13.1. The number of halogens is 2. The van der Waals surface area contributed by atoms with Crippen molar-refractivity contribution in [2.75, 3.05) is 19.8 Å². The average Bonchev–Trinajstić information content (AvgIpc) is 2.66. The molecule has 2 aliphatic rings. The highest BCUT2D eigenvalue weighted by Crippen LogP contribution is 2.38. The minimum atomic E-state index is -0.388. The Kier molecular flexibility index (Phi) is 7.23. The van der Waals surface area contributed by atoms with Gasteiger partial charge < -0.3 is 4.74 Å². The number of hydrazine groups is 1. The number of aromatic nitrogens is 1. The Bertz CT molecular complexity index is 602. The van der Waals surface area contributed by atoms with Crippen molar-refractivity contribution in [3.63, 3.8) is 0 Å². The van der Waals surface area contributed by atoms with Crippen molar-refractivity contribution in [3.05, 3.63) is 28.8 Å². The van der Waals surface area contributed by atoms with E-state index in [0.717, 1.165) is 57.2 Å². The fourth-order valence-electron chi connectivity index (χ4n) is 3.94. The van der Waals surface area contributed by atoms with Gasteiger partial charge in [-0.05, 0) is 56.9 Å². The van der Waals surface area contributed by atoms with Crippen molar-refractivity contribution < 1.29 is 13.9 Å². The Morgan fingerprint density at radius 3 is 2.65 bits per heavy atom. The third-order valence-electron chi connectivity index (χ3n) is 5.55. The lowest BCUT2D eigenvalue weighted by atomic mass is 9.79. The van der Waals surface area contributed by atoms with Gasteiger partial charge in [-0.3, -0.25) is 15.2 Å². The summed E-state index contributed by atoms with van der Waals surface area (Å²) in [6, 6.07) is 1.35. The van der Waals surface area contributed by atoms with E-state index in [2.05, 4.69) is 15.8 Å². The van der Waals surface area contributed by atoms with Crippen LogP contribution in [0.4, 0.5) is 4.39 Å². The van der Waals surface area contributed by atoms with Gasteiger partial charge in [-0.2, -0.15) is 0 Å². The van der Waals surface area contributed by atoms with Crippen LogP contribution in [0.15, 0.2) is 12.3 Å². The summed E-state index contributed by atoms with van der Waals surface area (Å²) in [5.41, 5.74) is 6.73. The van der Waals surface area contributed by atoms with Gasteiger partial charge in [0.1, 0.15) is 5.82 Å². The van der Waals surface area contributed by atoms with E-state index < -0.39 is 0 Å². The third-order valence-corrected chi connectivity index (χ3v) is 5.85. The maximum Gasteiger partial charge on any atom is 0.237 e. The molecule has 1 aromatic heterocycles. The monoisotopic (exact) mass is 383 g/mol. The summed E-state index contributed by atoms with van der Waals surface area (Å²) in [6.07, 6.45) is 8.15. The van der Waals surface area contributed by atoms with E-state index in [1.807, 2.05) is 0 Å². The second-order valence-electron chi connectivity index (χ2n) is 7.33. The van der Waals surface area contributed by atoms with Crippen LogP contribution in [0.1, 0.15) is 56.6 Å². The van der Waals surface area contributed by atoms with E-state index in [0.29, 0.717) is 30.1 Å². The lowest BCUT2D eigenvalue weighted by Crippen LogP contribution is -2.43. The Morgan fingerprint density at radius 1 is 1.23 bits per heavy atom. The van der Waals surface area contributed by atoms with E-state index in [-0.39, 0.29) is 17.6 Å². The molecule has 1 saturated carbocycles. The second-order valence-corrected chi connectivity index (χ2v) is 7.74. The van der Waals surface area contributed by atoms with Crippen LogP contribution < -0.4 is 10.9 Å². The zero-order valence-electron chi connectivity index (χ0n) is 15.0. The topological polar surface area (TPSA) is 63.2 Å². The van der Waals surface area contributed by atoms with Crippen molar-refractivity contribution in [2.45, 2.75) is 50.9 Å². The van der Waals surface area contributed by atoms with E-state index >= 15 is 0 Å². The molecule has 0 aromatic carbocycles. The lowest BCUT2D eigenvalue weighted by Gasteiger charge is -2.28. The first-order valence-electron chi connectivity index (χ1n) is 9.55. The number of amides is 1. The first-order chi connectivity index (χ1) is 12.6. The van der Waals surface area contributed by atoms with Crippen molar-refractivity contribution in [1.29, 1.82) is 0 Å². The van der Waals surface area contributed by atoms with Crippen LogP contribution in [0.25, 0.3) is 0 Å². The molecule has 1 saturated heterocycles. The molecule has 1 aliphatic carbocycles.